The van der Waals surface area contributed by atoms with Crippen LogP contribution in [0.5, 0.6) is 5.75 Å². The van der Waals surface area contributed by atoms with E-state index in [0.717, 1.165) is 37.4 Å². The van der Waals surface area contributed by atoms with Crippen molar-refractivity contribution in [3.63, 3.8) is 0 Å². The molecule has 33 heavy (non-hydrogen) atoms. The number of ether oxygens (including phenoxy) is 2. The number of piperazine rings is 1. The van der Waals surface area contributed by atoms with Crippen molar-refractivity contribution in [3.05, 3.63) is 36.2 Å². The molecule has 0 radical (unpaired) electrons. The molecule has 0 atom stereocenters. The van der Waals surface area contributed by atoms with E-state index in [1.807, 2.05) is 11.0 Å². The monoisotopic (exact) mass is 456 g/mol. The first-order valence-corrected chi connectivity index (χ1v) is 11.8. The van der Waals surface area contributed by atoms with Gasteiger partial charge in [0.1, 0.15) is 30.7 Å². The Labute approximate surface area is 196 Å². The second kappa shape index (κ2) is 13.7. The molecule has 1 saturated heterocycles. The molecule has 2 aliphatic rings. The van der Waals surface area contributed by atoms with Gasteiger partial charge >= 0.3 is 0 Å². The van der Waals surface area contributed by atoms with Gasteiger partial charge in [-0.1, -0.05) is 32.1 Å². The van der Waals surface area contributed by atoms with Crippen molar-refractivity contribution in [1.29, 1.82) is 5.41 Å². The van der Waals surface area contributed by atoms with Crippen molar-refractivity contribution in [2.24, 2.45) is 16.6 Å². The van der Waals surface area contributed by atoms with Crippen LogP contribution in [-0.4, -0.2) is 79.0 Å². The highest BCUT2D eigenvalue weighted by molar-refractivity contribution is 5.94. The van der Waals surface area contributed by atoms with Crippen LogP contribution in [-0.2, 0) is 4.74 Å². The second-order valence-electron chi connectivity index (χ2n) is 8.50. The Morgan fingerprint density at radius 3 is 2.70 bits per heavy atom. The number of carbonyl (C=O) groups excluding carboxylic acids is 1. The van der Waals surface area contributed by atoms with Crippen LogP contribution in [0, 0.1) is 11.3 Å². The van der Waals surface area contributed by atoms with Crippen LogP contribution >= 0.6 is 0 Å². The van der Waals surface area contributed by atoms with E-state index in [1.54, 1.807) is 18.3 Å². The first-order chi connectivity index (χ1) is 16.2. The van der Waals surface area contributed by atoms with Crippen LogP contribution in [0.2, 0.25) is 0 Å². The highest BCUT2D eigenvalue weighted by Crippen LogP contribution is 2.26. The summed E-state index contributed by atoms with van der Waals surface area (Å²) in [6, 6.07) is 3.60. The highest BCUT2D eigenvalue weighted by Gasteiger charge is 2.23. The zero-order valence-electron chi connectivity index (χ0n) is 19.3. The number of aliphatic imine (C=N–C) groups is 1. The van der Waals surface area contributed by atoms with Gasteiger partial charge in [-0.2, -0.15) is 0 Å². The van der Waals surface area contributed by atoms with E-state index >= 15 is 0 Å². The van der Waals surface area contributed by atoms with Crippen molar-refractivity contribution in [2.45, 2.75) is 38.5 Å². The quantitative estimate of drug-likeness (QED) is 0.300. The Balaban J connectivity index is 1.34. The second-order valence-corrected chi connectivity index (χ2v) is 8.50. The maximum Gasteiger partial charge on any atom is 0.272 e. The topological polar surface area (TPSA) is 117 Å². The van der Waals surface area contributed by atoms with Gasteiger partial charge < -0.3 is 25.5 Å². The molecule has 3 N–H and O–H groups in total. The Morgan fingerprint density at radius 2 is 2.00 bits per heavy atom. The van der Waals surface area contributed by atoms with E-state index in [0.29, 0.717) is 38.0 Å². The standard InChI is InChI=1S/C24H36N6O3/c25-11-4-7-23(26)28-18-32-19-29-12-14-30(15-13-29)24(31)22-9-8-21(17-27-22)33-16-10-20-5-2-1-3-6-20/h4,7-9,11,17,20,25H,1-3,5-6,10,12-16,18-19H2,(H2,26,28)/b7-4-,25-11?. The molecule has 1 saturated carbocycles. The van der Waals surface area contributed by atoms with E-state index < -0.39 is 0 Å². The molecule has 3 rings (SSSR count). The summed E-state index contributed by atoms with van der Waals surface area (Å²) >= 11 is 0. The molecule has 1 aliphatic heterocycles. The summed E-state index contributed by atoms with van der Waals surface area (Å²) in [6.45, 7) is 3.99. The van der Waals surface area contributed by atoms with Crippen molar-refractivity contribution in [1.82, 2.24) is 14.8 Å². The maximum atomic E-state index is 12.8. The van der Waals surface area contributed by atoms with Gasteiger partial charge in [0.2, 0.25) is 0 Å². The predicted molar refractivity (Wildman–Crippen MR) is 129 cm³/mol. The Bertz CT molecular complexity index is 797. The van der Waals surface area contributed by atoms with Crippen molar-refractivity contribution in [2.75, 3.05) is 46.2 Å². The number of pyridine rings is 1. The lowest BCUT2D eigenvalue weighted by molar-refractivity contribution is 0.00608. The number of nitrogens with zero attached hydrogens (tertiary/aromatic N) is 4. The summed E-state index contributed by atoms with van der Waals surface area (Å²) in [5, 5.41) is 6.91. The molecular formula is C24H36N6O3. The van der Waals surface area contributed by atoms with Gasteiger partial charge in [0.05, 0.1) is 12.8 Å². The normalized spacial score (nSPS) is 18.5. The van der Waals surface area contributed by atoms with Crippen LogP contribution in [0.1, 0.15) is 49.0 Å². The molecule has 180 valence electrons. The molecule has 0 spiro atoms. The maximum absolute atomic E-state index is 12.8. The molecule has 9 nitrogen and oxygen atoms in total. The number of amidine groups is 1. The molecule has 0 unspecified atom stereocenters. The van der Waals surface area contributed by atoms with Crippen LogP contribution in [0.15, 0.2) is 35.5 Å². The lowest BCUT2D eigenvalue weighted by atomic mass is 9.87. The zero-order chi connectivity index (χ0) is 23.3. The number of hydrogen-bond donors (Lipinski definition) is 2. The Kier molecular flexibility index (Phi) is 10.3. The number of carbonyl (C=O) groups is 1. The number of nitrogens with two attached hydrogens (primary N) is 1. The number of nitrogens with one attached hydrogen (secondary N) is 1. The molecule has 1 amide bonds. The van der Waals surface area contributed by atoms with E-state index in [1.165, 1.54) is 38.2 Å². The zero-order valence-corrected chi connectivity index (χ0v) is 19.3. The van der Waals surface area contributed by atoms with E-state index in [4.69, 9.17) is 20.6 Å². The summed E-state index contributed by atoms with van der Waals surface area (Å²) in [4.78, 5) is 25.1. The fourth-order valence-corrected chi connectivity index (χ4v) is 4.14. The number of allylic oxidation sites excluding steroid dienone is 1. The van der Waals surface area contributed by atoms with Gasteiger partial charge in [-0.25, -0.2) is 9.98 Å². The molecule has 9 heteroatoms. The summed E-state index contributed by atoms with van der Waals surface area (Å²) in [5.41, 5.74) is 6.10. The largest absolute Gasteiger partial charge is 0.492 e. The highest BCUT2D eigenvalue weighted by atomic mass is 16.5. The van der Waals surface area contributed by atoms with Gasteiger partial charge in [0.25, 0.3) is 5.91 Å². The Hall–Kier alpha value is -2.78. The lowest BCUT2D eigenvalue weighted by Gasteiger charge is -2.34. The Morgan fingerprint density at radius 1 is 1.21 bits per heavy atom. The molecule has 1 aliphatic carbocycles. The fourth-order valence-electron chi connectivity index (χ4n) is 4.14. The minimum Gasteiger partial charge on any atom is -0.492 e. The van der Waals surface area contributed by atoms with Crippen LogP contribution in [0.3, 0.4) is 0 Å². The molecule has 2 heterocycles. The van der Waals surface area contributed by atoms with E-state index in [9.17, 15) is 4.79 Å². The van der Waals surface area contributed by atoms with Crippen LogP contribution in [0.25, 0.3) is 0 Å². The first-order valence-electron chi connectivity index (χ1n) is 11.8. The smallest absolute Gasteiger partial charge is 0.272 e. The molecule has 1 aromatic heterocycles. The molecule has 2 fully saturated rings. The van der Waals surface area contributed by atoms with Crippen LogP contribution < -0.4 is 10.5 Å². The first kappa shape index (κ1) is 24.9. The molecular weight excluding hydrogens is 420 g/mol. The lowest BCUT2D eigenvalue weighted by Crippen LogP contribution is -2.49. The van der Waals surface area contributed by atoms with Crippen molar-refractivity contribution < 1.29 is 14.3 Å². The third kappa shape index (κ3) is 8.58. The van der Waals surface area contributed by atoms with E-state index in [-0.39, 0.29) is 12.6 Å². The predicted octanol–water partition coefficient (Wildman–Crippen LogP) is 2.68. The minimum absolute atomic E-state index is 0.0558. The van der Waals surface area contributed by atoms with E-state index in [2.05, 4.69) is 14.9 Å². The van der Waals surface area contributed by atoms with Gasteiger partial charge in [-0.3, -0.25) is 9.69 Å². The average Bonchev–Trinajstić information content (AvgIpc) is 2.86. The third-order valence-corrected chi connectivity index (χ3v) is 6.11. The summed E-state index contributed by atoms with van der Waals surface area (Å²) in [5.74, 6) is 1.78. The number of hydrogen-bond acceptors (Lipinski definition) is 7. The fraction of sp³-hybridized carbons (Fsp3) is 0.583. The molecule has 0 bridgehead atoms. The third-order valence-electron chi connectivity index (χ3n) is 6.11. The number of amides is 1. The van der Waals surface area contributed by atoms with Gasteiger partial charge in [0, 0.05) is 32.4 Å². The van der Waals surface area contributed by atoms with Gasteiger partial charge in [-0.15, -0.1) is 0 Å². The average molecular weight is 457 g/mol. The van der Waals surface area contributed by atoms with Gasteiger partial charge in [0.15, 0.2) is 0 Å². The van der Waals surface area contributed by atoms with Crippen molar-refractivity contribution >= 4 is 18.0 Å². The number of aromatic nitrogens is 1. The number of rotatable bonds is 11. The molecule has 1 aromatic rings. The van der Waals surface area contributed by atoms with Crippen molar-refractivity contribution in [3.8, 4) is 5.75 Å². The van der Waals surface area contributed by atoms with Crippen LogP contribution in [0.4, 0.5) is 0 Å². The summed E-state index contributed by atoms with van der Waals surface area (Å²) < 4.78 is 11.4. The van der Waals surface area contributed by atoms with Gasteiger partial charge in [-0.05, 0) is 36.6 Å². The summed E-state index contributed by atoms with van der Waals surface area (Å²) in [7, 11) is 0. The summed E-state index contributed by atoms with van der Waals surface area (Å²) in [6.07, 6.45) is 13.6. The SMILES string of the molecule is N=C/C=C\C(N)=N\COCN1CCN(C(=O)c2ccc(OCCC3CCCCC3)cn2)CC1. The minimum atomic E-state index is -0.0558. The molecule has 0 aromatic carbocycles.